The quantitative estimate of drug-likeness (QED) is 0.870. The number of anilines is 1. The second kappa shape index (κ2) is 6.22. The molecule has 0 bridgehead atoms. The molecule has 114 valence electrons. The lowest BCUT2D eigenvalue weighted by Gasteiger charge is -2.04. The van der Waals surface area contributed by atoms with Gasteiger partial charge in [-0.1, -0.05) is 6.07 Å². The average molecular weight is 306 g/mol. The summed E-state index contributed by atoms with van der Waals surface area (Å²) in [6.45, 7) is 1.72. The Bertz CT molecular complexity index is 765. The Kier molecular flexibility index (Phi) is 4.36. The molecule has 0 amide bonds. The van der Waals surface area contributed by atoms with E-state index in [0.717, 1.165) is 16.8 Å². The highest BCUT2D eigenvalue weighted by atomic mass is 19.2. The minimum Gasteiger partial charge on any atom is -0.461 e. The van der Waals surface area contributed by atoms with Crippen molar-refractivity contribution in [3.8, 4) is 6.07 Å². The summed E-state index contributed by atoms with van der Waals surface area (Å²) < 4.78 is 32.1. The van der Waals surface area contributed by atoms with Crippen LogP contribution in [0, 0.1) is 23.0 Å². The van der Waals surface area contributed by atoms with Crippen LogP contribution in [0.3, 0.4) is 0 Å². The third-order valence-corrected chi connectivity index (χ3v) is 2.89. The van der Waals surface area contributed by atoms with Gasteiger partial charge >= 0.3 is 5.97 Å². The predicted octanol–water partition coefficient (Wildman–Crippen LogP) is 1.84. The number of nitrogen functional groups attached to an aromatic ring is 1. The molecule has 0 aliphatic carbocycles. The molecule has 2 N–H and O–H groups in total. The molecule has 1 aromatic carbocycles. The summed E-state index contributed by atoms with van der Waals surface area (Å²) in [6, 6.07) is 5.11. The van der Waals surface area contributed by atoms with E-state index in [0.29, 0.717) is 5.56 Å². The Labute approximate surface area is 124 Å². The van der Waals surface area contributed by atoms with Crippen LogP contribution in [0.25, 0.3) is 0 Å². The summed E-state index contributed by atoms with van der Waals surface area (Å²) in [5.41, 5.74) is 5.83. The number of nitrogens with two attached hydrogens (primary N) is 1. The molecule has 0 spiro atoms. The molecule has 0 radical (unpaired) electrons. The lowest BCUT2D eigenvalue weighted by molar-refractivity contribution is 0.0518. The minimum absolute atomic E-state index is 0.0167. The molecule has 0 unspecified atom stereocenters. The number of carbonyl (C=O) groups is 1. The number of benzene rings is 1. The lowest BCUT2D eigenvalue weighted by atomic mass is 10.2. The van der Waals surface area contributed by atoms with Gasteiger partial charge in [-0.3, -0.25) is 0 Å². The van der Waals surface area contributed by atoms with Gasteiger partial charge in [0.1, 0.15) is 17.5 Å². The molecule has 0 saturated heterocycles. The van der Waals surface area contributed by atoms with Crippen LogP contribution < -0.4 is 5.73 Å². The highest BCUT2D eigenvalue weighted by Gasteiger charge is 2.22. The molecule has 0 aliphatic heterocycles. The molecule has 6 nitrogen and oxygen atoms in total. The molecule has 22 heavy (non-hydrogen) atoms. The Hall–Kier alpha value is -2.95. The van der Waals surface area contributed by atoms with Gasteiger partial charge in [-0.2, -0.15) is 10.4 Å². The minimum atomic E-state index is -1.01. The van der Waals surface area contributed by atoms with E-state index >= 15 is 0 Å². The van der Waals surface area contributed by atoms with Crippen molar-refractivity contribution < 1.29 is 18.3 Å². The summed E-state index contributed by atoms with van der Waals surface area (Å²) in [4.78, 5) is 11.7. The molecule has 0 atom stereocenters. The second-order valence-electron chi connectivity index (χ2n) is 4.35. The smallest absolute Gasteiger partial charge is 0.360 e. The maximum atomic E-state index is 13.2. The number of halogens is 2. The van der Waals surface area contributed by atoms with Gasteiger partial charge in [0.25, 0.3) is 0 Å². The number of carbonyl (C=O) groups excluding carboxylic acids is 1. The second-order valence-corrected chi connectivity index (χ2v) is 4.35. The van der Waals surface area contributed by atoms with Crippen LogP contribution in [0.4, 0.5) is 14.6 Å². The van der Waals surface area contributed by atoms with E-state index < -0.39 is 17.6 Å². The van der Waals surface area contributed by atoms with E-state index in [4.69, 9.17) is 15.7 Å². The molecular weight excluding hydrogens is 294 g/mol. The molecule has 0 aliphatic rings. The molecule has 8 heteroatoms. The van der Waals surface area contributed by atoms with Crippen LogP contribution >= 0.6 is 0 Å². The maximum absolute atomic E-state index is 13.2. The van der Waals surface area contributed by atoms with Crippen LogP contribution in [-0.4, -0.2) is 22.4 Å². The van der Waals surface area contributed by atoms with Gasteiger partial charge in [-0.25, -0.2) is 18.3 Å². The van der Waals surface area contributed by atoms with Crippen molar-refractivity contribution in [2.45, 2.75) is 13.5 Å². The van der Waals surface area contributed by atoms with Gasteiger partial charge < -0.3 is 10.5 Å². The highest BCUT2D eigenvalue weighted by molar-refractivity contribution is 5.91. The van der Waals surface area contributed by atoms with E-state index in [2.05, 4.69) is 5.10 Å². The Morgan fingerprint density at radius 2 is 2.18 bits per heavy atom. The van der Waals surface area contributed by atoms with Gasteiger partial charge in [-0.15, -0.1) is 0 Å². The Morgan fingerprint density at radius 1 is 1.45 bits per heavy atom. The summed E-state index contributed by atoms with van der Waals surface area (Å²) in [5.74, 6) is -2.79. The number of hydrogen-bond acceptors (Lipinski definition) is 5. The Balaban J connectivity index is 2.37. The fourth-order valence-corrected chi connectivity index (χ4v) is 1.86. The molecule has 2 rings (SSSR count). The first-order chi connectivity index (χ1) is 10.5. The third kappa shape index (κ3) is 2.88. The lowest BCUT2D eigenvalue weighted by Crippen LogP contribution is -2.09. The van der Waals surface area contributed by atoms with Crippen molar-refractivity contribution in [2.75, 3.05) is 12.3 Å². The standard InChI is InChI=1S/C14H12F2N4O2/c1-2-22-14(21)12-9(6-17)13(18)20(19-12)7-8-3-4-10(15)11(16)5-8/h3-5H,2,7,18H2,1H3. The van der Waals surface area contributed by atoms with Gasteiger partial charge in [0.05, 0.1) is 13.2 Å². The van der Waals surface area contributed by atoms with Crippen molar-refractivity contribution in [1.29, 1.82) is 5.26 Å². The van der Waals surface area contributed by atoms with E-state index in [1.165, 1.54) is 6.07 Å². The number of hydrogen-bond donors (Lipinski definition) is 1. The first kappa shape index (κ1) is 15.4. The van der Waals surface area contributed by atoms with Crippen LogP contribution in [0.5, 0.6) is 0 Å². The largest absolute Gasteiger partial charge is 0.461 e. The van der Waals surface area contributed by atoms with E-state index in [-0.39, 0.29) is 30.2 Å². The third-order valence-electron chi connectivity index (χ3n) is 2.89. The summed E-state index contributed by atoms with van der Waals surface area (Å²) in [7, 11) is 0. The number of nitriles is 1. The zero-order valence-electron chi connectivity index (χ0n) is 11.6. The Morgan fingerprint density at radius 3 is 2.77 bits per heavy atom. The molecule has 0 fully saturated rings. The monoisotopic (exact) mass is 306 g/mol. The van der Waals surface area contributed by atoms with Crippen molar-refractivity contribution in [2.24, 2.45) is 0 Å². The molecule has 2 aromatic rings. The van der Waals surface area contributed by atoms with Crippen LogP contribution in [0.15, 0.2) is 18.2 Å². The van der Waals surface area contributed by atoms with Crippen molar-refractivity contribution in [3.63, 3.8) is 0 Å². The van der Waals surface area contributed by atoms with Crippen molar-refractivity contribution in [3.05, 3.63) is 46.7 Å². The van der Waals surface area contributed by atoms with E-state index in [1.54, 1.807) is 13.0 Å². The number of ether oxygens (including phenoxy) is 1. The highest BCUT2D eigenvalue weighted by Crippen LogP contribution is 2.19. The summed E-state index contributed by atoms with van der Waals surface area (Å²) in [5, 5.41) is 13.0. The fraction of sp³-hybridized carbons (Fsp3) is 0.214. The van der Waals surface area contributed by atoms with E-state index in [1.807, 2.05) is 0 Å². The van der Waals surface area contributed by atoms with E-state index in [9.17, 15) is 13.6 Å². The zero-order valence-corrected chi connectivity index (χ0v) is 11.6. The fourth-order valence-electron chi connectivity index (χ4n) is 1.86. The van der Waals surface area contributed by atoms with Crippen molar-refractivity contribution >= 4 is 11.8 Å². The molecule has 1 heterocycles. The average Bonchev–Trinajstić information content (AvgIpc) is 2.80. The first-order valence-corrected chi connectivity index (χ1v) is 6.35. The van der Waals surface area contributed by atoms with Crippen molar-refractivity contribution in [1.82, 2.24) is 9.78 Å². The maximum Gasteiger partial charge on any atom is 0.360 e. The van der Waals surface area contributed by atoms with Gasteiger partial charge in [0.15, 0.2) is 17.3 Å². The zero-order chi connectivity index (χ0) is 16.3. The summed E-state index contributed by atoms with van der Waals surface area (Å²) in [6.07, 6.45) is 0. The number of rotatable bonds is 4. The SMILES string of the molecule is CCOC(=O)c1nn(Cc2ccc(F)c(F)c2)c(N)c1C#N. The normalized spacial score (nSPS) is 10.3. The van der Waals surface area contributed by atoms with Crippen LogP contribution in [-0.2, 0) is 11.3 Å². The molecule has 1 aromatic heterocycles. The predicted molar refractivity (Wildman–Crippen MR) is 72.8 cm³/mol. The number of aromatic nitrogens is 2. The molecular formula is C14H12F2N4O2. The van der Waals surface area contributed by atoms with Gasteiger partial charge in [0, 0.05) is 0 Å². The number of nitrogens with zero attached hydrogens (tertiary/aromatic N) is 3. The van der Waals surface area contributed by atoms with Gasteiger partial charge in [-0.05, 0) is 24.6 Å². The summed E-state index contributed by atoms with van der Waals surface area (Å²) >= 11 is 0. The molecule has 0 saturated carbocycles. The topological polar surface area (TPSA) is 93.9 Å². The first-order valence-electron chi connectivity index (χ1n) is 6.35. The van der Waals surface area contributed by atoms with Gasteiger partial charge in [0.2, 0.25) is 0 Å². The van der Waals surface area contributed by atoms with Crippen LogP contribution in [0.1, 0.15) is 28.5 Å². The number of esters is 1. The van der Waals surface area contributed by atoms with Crippen LogP contribution in [0.2, 0.25) is 0 Å².